The van der Waals surface area contributed by atoms with Crippen LogP contribution >= 0.6 is 11.6 Å². The van der Waals surface area contributed by atoms with E-state index in [1.807, 2.05) is 13.0 Å². The molecule has 0 fully saturated rings. The van der Waals surface area contributed by atoms with Gasteiger partial charge in [0.15, 0.2) is 0 Å². The molecule has 0 aliphatic heterocycles. The van der Waals surface area contributed by atoms with Gasteiger partial charge in [-0.2, -0.15) is 0 Å². The van der Waals surface area contributed by atoms with Crippen molar-refractivity contribution >= 4 is 27.4 Å². The molecular weight excluding hydrogens is 298 g/mol. The van der Waals surface area contributed by atoms with Crippen molar-refractivity contribution in [2.75, 3.05) is 5.32 Å². The van der Waals surface area contributed by atoms with Gasteiger partial charge in [-0.1, -0.05) is 23.7 Å². The summed E-state index contributed by atoms with van der Waals surface area (Å²) in [4.78, 5) is 4.22. The van der Waals surface area contributed by atoms with Crippen molar-refractivity contribution < 1.29 is 8.42 Å². The van der Waals surface area contributed by atoms with Crippen LogP contribution in [0, 0.1) is 0 Å². The summed E-state index contributed by atoms with van der Waals surface area (Å²) in [5.41, 5.74) is 0.799. The fourth-order valence-corrected chi connectivity index (χ4v) is 2.41. The SMILES string of the molecule is CC(Nc1ccc(Cl)cn1)c1cccc(S(N)(=O)=O)c1. The van der Waals surface area contributed by atoms with Crippen LogP contribution in [0.5, 0.6) is 0 Å². The second kappa shape index (κ2) is 5.78. The molecule has 20 heavy (non-hydrogen) atoms. The summed E-state index contributed by atoms with van der Waals surface area (Å²) < 4.78 is 22.7. The van der Waals surface area contributed by atoms with E-state index >= 15 is 0 Å². The predicted octanol–water partition coefficient (Wildman–Crippen LogP) is 2.56. The van der Waals surface area contributed by atoms with Crippen LogP contribution in [-0.4, -0.2) is 13.4 Å². The Labute approximate surface area is 122 Å². The second-order valence-corrected chi connectivity index (χ2v) is 6.34. The lowest BCUT2D eigenvalue weighted by Crippen LogP contribution is -2.14. The summed E-state index contributed by atoms with van der Waals surface area (Å²) in [6, 6.07) is 9.84. The zero-order valence-corrected chi connectivity index (χ0v) is 12.3. The van der Waals surface area contributed by atoms with Crippen LogP contribution in [0.3, 0.4) is 0 Å². The minimum atomic E-state index is -3.70. The number of pyridine rings is 1. The topological polar surface area (TPSA) is 85.1 Å². The van der Waals surface area contributed by atoms with Crippen LogP contribution < -0.4 is 10.5 Å². The van der Waals surface area contributed by atoms with E-state index in [0.29, 0.717) is 10.8 Å². The first-order chi connectivity index (χ1) is 9.36. The Kier molecular flexibility index (Phi) is 4.27. The molecule has 7 heteroatoms. The number of anilines is 1. The Morgan fingerprint density at radius 2 is 2.05 bits per heavy atom. The van der Waals surface area contributed by atoms with Gasteiger partial charge in [0, 0.05) is 12.2 Å². The normalized spacial score (nSPS) is 12.9. The van der Waals surface area contributed by atoms with Gasteiger partial charge in [-0.3, -0.25) is 0 Å². The molecule has 106 valence electrons. The maximum Gasteiger partial charge on any atom is 0.238 e. The Morgan fingerprint density at radius 3 is 2.65 bits per heavy atom. The Balaban J connectivity index is 2.21. The Hall–Kier alpha value is -1.63. The van der Waals surface area contributed by atoms with Crippen molar-refractivity contribution in [1.29, 1.82) is 0 Å². The number of nitrogens with two attached hydrogens (primary N) is 1. The number of benzene rings is 1. The number of aromatic nitrogens is 1. The van der Waals surface area contributed by atoms with Crippen molar-refractivity contribution in [3.8, 4) is 0 Å². The molecule has 0 radical (unpaired) electrons. The first-order valence-electron chi connectivity index (χ1n) is 5.87. The van der Waals surface area contributed by atoms with E-state index < -0.39 is 10.0 Å². The molecule has 1 atom stereocenters. The lowest BCUT2D eigenvalue weighted by atomic mass is 10.1. The molecule has 0 saturated heterocycles. The Bertz CT molecular complexity index is 702. The van der Waals surface area contributed by atoms with Gasteiger partial charge < -0.3 is 5.32 Å². The molecule has 0 spiro atoms. The molecule has 0 aliphatic rings. The number of primary sulfonamides is 1. The Morgan fingerprint density at radius 1 is 1.30 bits per heavy atom. The molecule has 1 unspecified atom stereocenters. The average molecular weight is 312 g/mol. The average Bonchev–Trinajstić information content (AvgIpc) is 2.40. The minimum absolute atomic E-state index is 0.0905. The van der Waals surface area contributed by atoms with Gasteiger partial charge in [-0.15, -0.1) is 0 Å². The first kappa shape index (κ1) is 14.8. The summed E-state index contributed by atoms with van der Waals surface area (Å²) in [5, 5.41) is 8.83. The highest BCUT2D eigenvalue weighted by atomic mass is 35.5. The molecule has 0 bridgehead atoms. The van der Waals surface area contributed by atoms with Crippen LogP contribution in [-0.2, 0) is 10.0 Å². The first-order valence-corrected chi connectivity index (χ1v) is 7.79. The smallest absolute Gasteiger partial charge is 0.238 e. The van der Waals surface area contributed by atoms with E-state index in [2.05, 4.69) is 10.3 Å². The highest BCUT2D eigenvalue weighted by molar-refractivity contribution is 7.89. The van der Waals surface area contributed by atoms with Gasteiger partial charge >= 0.3 is 0 Å². The zero-order valence-electron chi connectivity index (χ0n) is 10.7. The summed E-state index contributed by atoms with van der Waals surface area (Å²) in [6.07, 6.45) is 1.54. The van der Waals surface area contributed by atoms with Gasteiger partial charge in [0.05, 0.1) is 9.92 Å². The van der Waals surface area contributed by atoms with Crippen molar-refractivity contribution in [2.45, 2.75) is 17.9 Å². The van der Waals surface area contributed by atoms with Crippen molar-refractivity contribution in [3.05, 3.63) is 53.2 Å². The van der Waals surface area contributed by atoms with E-state index in [9.17, 15) is 8.42 Å². The van der Waals surface area contributed by atoms with Crippen LogP contribution in [0.25, 0.3) is 0 Å². The van der Waals surface area contributed by atoms with Gasteiger partial charge in [0.2, 0.25) is 10.0 Å². The van der Waals surface area contributed by atoms with E-state index in [0.717, 1.165) is 5.56 Å². The molecule has 1 aromatic carbocycles. The fourth-order valence-electron chi connectivity index (χ4n) is 1.73. The van der Waals surface area contributed by atoms with E-state index in [1.165, 1.54) is 12.3 Å². The maximum atomic E-state index is 11.3. The number of halogens is 1. The molecule has 1 heterocycles. The molecule has 2 aromatic rings. The largest absolute Gasteiger partial charge is 0.364 e. The van der Waals surface area contributed by atoms with Crippen molar-refractivity contribution in [3.63, 3.8) is 0 Å². The van der Waals surface area contributed by atoms with Gasteiger partial charge in [0.25, 0.3) is 0 Å². The third kappa shape index (κ3) is 3.69. The number of nitrogens with one attached hydrogen (secondary N) is 1. The van der Waals surface area contributed by atoms with Crippen molar-refractivity contribution in [1.82, 2.24) is 4.98 Å². The number of nitrogens with zero attached hydrogens (tertiary/aromatic N) is 1. The third-order valence-electron chi connectivity index (χ3n) is 2.78. The second-order valence-electron chi connectivity index (χ2n) is 4.35. The van der Waals surface area contributed by atoms with E-state index in [-0.39, 0.29) is 10.9 Å². The molecule has 0 aliphatic carbocycles. The van der Waals surface area contributed by atoms with Crippen LogP contribution in [0.4, 0.5) is 5.82 Å². The standard InChI is InChI=1S/C13H14ClN3O2S/c1-9(17-13-6-5-11(14)8-16-13)10-3-2-4-12(7-10)20(15,18)19/h2-9H,1H3,(H,16,17)(H2,15,18,19). The predicted molar refractivity (Wildman–Crippen MR) is 79.1 cm³/mol. The monoisotopic (exact) mass is 311 g/mol. The minimum Gasteiger partial charge on any atom is -0.364 e. The third-order valence-corrected chi connectivity index (χ3v) is 3.91. The van der Waals surface area contributed by atoms with Crippen LogP contribution in [0.2, 0.25) is 5.02 Å². The maximum absolute atomic E-state index is 11.3. The summed E-state index contributed by atoms with van der Waals surface area (Å²) in [7, 11) is -3.70. The van der Waals surface area contributed by atoms with Gasteiger partial charge in [-0.25, -0.2) is 18.5 Å². The highest BCUT2D eigenvalue weighted by Gasteiger charge is 2.11. The number of rotatable bonds is 4. The van der Waals surface area contributed by atoms with E-state index in [4.69, 9.17) is 16.7 Å². The summed E-state index contributed by atoms with van der Waals surface area (Å²) in [6.45, 7) is 1.90. The lowest BCUT2D eigenvalue weighted by molar-refractivity contribution is 0.597. The molecular formula is C13H14ClN3O2S. The molecule has 5 nitrogen and oxygen atoms in total. The quantitative estimate of drug-likeness (QED) is 0.908. The molecule has 2 rings (SSSR count). The van der Waals surface area contributed by atoms with Gasteiger partial charge in [0.1, 0.15) is 5.82 Å². The number of hydrogen-bond donors (Lipinski definition) is 2. The number of sulfonamides is 1. The zero-order chi connectivity index (χ0) is 14.8. The summed E-state index contributed by atoms with van der Waals surface area (Å²) in [5.74, 6) is 0.655. The molecule has 3 N–H and O–H groups in total. The van der Waals surface area contributed by atoms with Gasteiger partial charge in [-0.05, 0) is 36.8 Å². The highest BCUT2D eigenvalue weighted by Crippen LogP contribution is 2.21. The van der Waals surface area contributed by atoms with Crippen molar-refractivity contribution in [2.24, 2.45) is 5.14 Å². The number of hydrogen-bond acceptors (Lipinski definition) is 4. The lowest BCUT2D eigenvalue weighted by Gasteiger charge is -2.15. The summed E-state index contributed by atoms with van der Waals surface area (Å²) >= 11 is 5.77. The molecule has 0 amide bonds. The van der Waals surface area contributed by atoms with Crippen LogP contribution in [0.15, 0.2) is 47.5 Å². The molecule has 0 saturated carbocycles. The van der Waals surface area contributed by atoms with E-state index in [1.54, 1.807) is 24.3 Å². The van der Waals surface area contributed by atoms with Crippen LogP contribution in [0.1, 0.15) is 18.5 Å². The fraction of sp³-hybridized carbons (Fsp3) is 0.154. The molecule has 1 aromatic heterocycles.